The number of carbonyl (C=O) groups is 4. The maximum atomic E-state index is 12.8. The first-order valence-electron chi connectivity index (χ1n) is 12.1. The standard InChI is InChI=1S/C24H43N3O6S/c1-15(2)13-19(27-23(32)33-24(3,4)5)21(29)25-14-16-7-9-17(10-8-16)20(28)26-18(22(30)31)11-12-34-6/h15-19H,7-14H2,1-6H3,(H,25,29)(H,26,28)(H,27,32)(H,30,31)/t16?,17?,18-,19+/m1/s1. The first-order valence-corrected chi connectivity index (χ1v) is 13.5. The van der Waals surface area contributed by atoms with Crippen molar-refractivity contribution < 1.29 is 29.0 Å². The molecule has 1 aliphatic rings. The predicted octanol–water partition coefficient (Wildman–Crippen LogP) is 3.17. The van der Waals surface area contributed by atoms with E-state index in [-0.39, 0.29) is 29.6 Å². The third kappa shape index (κ3) is 11.9. The second-order valence-electron chi connectivity index (χ2n) is 10.5. The minimum absolute atomic E-state index is 0.199. The molecule has 4 N–H and O–H groups in total. The van der Waals surface area contributed by atoms with Crippen LogP contribution in [0.4, 0.5) is 4.79 Å². The summed E-state index contributed by atoms with van der Waals surface area (Å²) in [4.78, 5) is 48.8. The lowest BCUT2D eigenvalue weighted by molar-refractivity contribution is -0.142. The molecule has 1 saturated carbocycles. The number of aliphatic carboxylic acids is 1. The fourth-order valence-electron chi connectivity index (χ4n) is 3.93. The van der Waals surface area contributed by atoms with Crippen LogP contribution in [0.1, 0.15) is 73.1 Å². The van der Waals surface area contributed by atoms with Gasteiger partial charge in [-0.25, -0.2) is 9.59 Å². The average Bonchev–Trinajstić information content (AvgIpc) is 2.72. The minimum atomic E-state index is -1.00. The fourth-order valence-corrected chi connectivity index (χ4v) is 4.40. The minimum Gasteiger partial charge on any atom is -0.480 e. The van der Waals surface area contributed by atoms with E-state index in [9.17, 15) is 24.3 Å². The molecule has 0 saturated heterocycles. The van der Waals surface area contributed by atoms with Crippen LogP contribution in [0.25, 0.3) is 0 Å². The molecule has 196 valence electrons. The Bertz CT molecular complexity index is 687. The molecular formula is C24H43N3O6S. The van der Waals surface area contributed by atoms with Crippen molar-refractivity contribution in [3.8, 4) is 0 Å². The van der Waals surface area contributed by atoms with Gasteiger partial charge in [-0.15, -0.1) is 0 Å². The highest BCUT2D eigenvalue weighted by Gasteiger charge is 2.30. The van der Waals surface area contributed by atoms with E-state index in [1.54, 1.807) is 32.5 Å². The van der Waals surface area contributed by atoms with E-state index in [2.05, 4.69) is 16.0 Å². The van der Waals surface area contributed by atoms with Crippen LogP contribution in [0.3, 0.4) is 0 Å². The number of carboxylic acid groups (broad SMARTS) is 1. The summed E-state index contributed by atoms with van der Waals surface area (Å²) in [5.41, 5.74) is -0.646. The summed E-state index contributed by atoms with van der Waals surface area (Å²) in [6.45, 7) is 9.76. The van der Waals surface area contributed by atoms with Gasteiger partial charge in [-0.2, -0.15) is 11.8 Å². The molecule has 1 fully saturated rings. The van der Waals surface area contributed by atoms with Crippen LogP contribution in [0.2, 0.25) is 0 Å². The van der Waals surface area contributed by atoms with Gasteiger partial charge in [0, 0.05) is 12.5 Å². The van der Waals surface area contributed by atoms with Gasteiger partial charge < -0.3 is 25.8 Å². The predicted molar refractivity (Wildman–Crippen MR) is 134 cm³/mol. The highest BCUT2D eigenvalue weighted by molar-refractivity contribution is 7.98. The maximum Gasteiger partial charge on any atom is 0.408 e. The van der Waals surface area contributed by atoms with Crippen molar-refractivity contribution in [3.63, 3.8) is 0 Å². The molecular weight excluding hydrogens is 458 g/mol. The molecule has 1 aliphatic carbocycles. The number of alkyl carbamates (subject to hydrolysis) is 1. The van der Waals surface area contributed by atoms with Gasteiger partial charge in [-0.3, -0.25) is 9.59 Å². The highest BCUT2D eigenvalue weighted by atomic mass is 32.2. The zero-order valence-corrected chi connectivity index (χ0v) is 22.3. The van der Waals surface area contributed by atoms with Crippen molar-refractivity contribution in [3.05, 3.63) is 0 Å². The maximum absolute atomic E-state index is 12.8. The normalized spacial score (nSPS) is 20.2. The molecule has 0 aromatic carbocycles. The topological polar surface area (TPSA) is 134 Å². The smallest absolute Gasteiger partial charge is 0.408 e. The van der Waals surface area contributed by atoms with E-state index in [4.69, 9.17) is 4.74 Å². The van der Waals surface area contributed by atoms with E-state index >= 15 is 0 Å². The van der Waals surface area contributed by atoms with Crippen LogP contribution >= 0.6 is 11.8 Å². The molecule has 0 heterocycles. The number of rotatable bonds is 12. The lowest BCUT2D eigenvalue weighted by Gasteiger charge is -2.29. The van der Waals surface area contributed by atoms with Crippen molar-refractivity contribution in [1.29, 1.82) is 0 Å². The summed E-state index contributed by atoms with van der Waals surface area (Å²) >= 11 is 1.55. The summed E-state index contributed by atoms with van der Waals surface area (Å²) in [6, 6.07) is -1.53. The van der Waals surface area contributed by atoms with Crippen molar-refractivity contribution in [2.45, 2.75) is 90.8 Å². The van der Waals surface area contributed by atoms with Crippen LogP contribution in [0.5, 0.6) is 0 Å². The Morgan fingerprint density at radius 3 is 2.15 bits per heavy atom. The van der Waals surface area contributed by atoms with Crippen molar-refractivity contribution in [2.75, 3.05) is 18.6 Å². The zero-order valence-electron chi connectivity index (χ0n) is 21.4. The quantitative estimate of drug-likeness (QED) is 0.323. The fraction of sp³-hybridized carbons (Fsp3) is 0.833. The van der Waals surface area contributed by atoms with Crippen LogP contribution in [-0.4, -0.2) is 65.2 Å². The molecule has 0 radical (unpaired) electrons. The van der Waals surface area contributed by atoms with Crippen LogP contribution in [-0.2, 0) is 19.1 Å². The molecule has 0 unspecified atom stereocenters. The van der Waals surface area contributed by atoms with Crippen molar-refractivity contribution in [2.24, 2.45) is 17.8 Å². The Morgan fingerprint density at radius 2 is 1.65 bits per heavy atom. The Labute approximate surface area is 207 Å². The van der Waals surface area contributed by atoms with E-state index < -0.39 is 29.7 Å². The van der Waals surface area contributed by atoms with Crippen LogP contribution in [0, 0.1) is 17.8 Å². The molecule has 10 heteroatoms. The lowest BCUT2D eigenvalue weighted by atomic mass is 9.81. The third-order valence-corrected chi connectivity index (χ3v) is 6.37. The monoisotopic (exact) mass is 501 g/mol. The largest absolute Gasteiger partial charge is 0.480 e. The number of hydrogen-bond donors (Lipinski definition) is 4. The van der Waals surface area contributed by atoms with Gasteiger partial charge in [0.2, 0.25) is 11.8 Å². The van der Waals surface area contributed by atoms with Crippen molar-refractivity contribution >= 4 is 35.6 Å². The SMILES string of the molecule is CSCC[C@@H](NC(=O)C1CCC(CNC(=O)[C@H](CC(C)C)NC(=O)OC(C)(C)C)CC1)C(=O)O. The Morgan fingerprint density at radius 1 is 1.03 bits per heavy atom. The molecule has 0 bridgehead atoms. The van der Waals surface area contributed by atoms with Gasteiger partial charge in [-0.1, -0.05) is 13.8 Å². The summed E-state index contributed by atoms with van der Waals surface area (Å²) in [5.74, 6) is -0.525. The number of carboxylic acids is 1. The van der Waals surface area contributed by atoms with E-state index in [1.165, 1.54) is 0 Å². The highest BCUT2D eigenvalue weighted by Crippen LogP contribution is 2.28. The number of hydrogen-bond acceptors (Lipinski definition) is 6. The number of carbonyl (C=O) groups excluding carboxylic acids is 3. The van der Waals surface area contributed by atoms with Crippen LogP contribution in [0.15, 0.2) is 0 Å². The second kappa shape index (κ2) is 14.4. The molecule has 0 aliphatic heterocycles. The van der Waals surface area contributed by atoms with Gasteiger partial charge >= 0.3 is 12.1 Å². The molecule has 34 heavy (non-hydrogen) atoms. The Kier molecular flexibility index (Phi) is 12.8. The summed E-state index contributed by atoms with van der Waals surface area (Å²) in [5, 5.41) is 17.6. The van der Waals surface area contributed by atoms with Gasteiger partial charge in [0.1, 0.15) is 17.7 Å². The average molecular weight is 502 g/mol. The Hall–Kier alpha value is -1.97. The third-order valence-electron chi connectivity index (χ3n) is 5.72. The molecule has 9 nitrogen and oxygen atoms in total. The molecule has 0 aromatic rings. The van der Waals surface area contributed by atoms with Gasteiger partial charge in [-0.05, 0) is 83.1 Å². The molecule has 0 spiro atoms. The molecule has 2 atom stereocenters. The first kappa shape index (κ1) is 30.1. The van der Waals surface area contributed by atoms with Gasteiger partial charge in [0.15, 0.2) is 0 Å². The van der Waals surface area contributed by atoms with Crippen molar-refractivity contribution in [1.82, 2.24) is 16.0 Å². The second-order valence-corrected chi connectivity index (χ2v) is 11.5. The molecule has 0 aromatic heterocycles. The van der Waals surface area contributed by atoms with E-state index in [1.807, 2.05) is 20.1 Å². The number of nitrogens with one attached hydrogen (secondary N) is 3. The number of ether oxygens (including phenoxy) is 1. The van der Waals surface area contributed by atoms with Gasteiger partial charge in [0.25, 0.3) is 0 Å². The summed E-state index contributed by atoms with van der Waals surface area (Å²) in [6.07, 6.45) is 5.05. The van der Waals surface area contributed by atoms with E-state index in [0.29, 0.717) is 38.0 Å². The Balaban J connectivity index is 2.51. The van der Waals surface area contributed by atoms with E-state index in [0.717, 1.165) is 12.8 Å². The molecule has 1 rings (SSSR count). The lowest BCUT2D eigenvalue weighted by Crippen LogP contribution is -2.49. The summed E-state index contributed by atoms with van der Waals surface area (Å²) < 4.78 is 5.29. The van der Waals surface area contributed by atoms with Gasteiger partial charge in [0.05, 0.1) is 0 Å². The first-order chi connectivity index (χ1) is 15.8. The number of thioether (sulfide) groups is 1. The van der Waals surface area contributed by atoms with Crippen LogP contribution < -0.4 is 16.0 Å². The molecule has 3 amide bonds. The summed E-state index contributed by atoms with van der Waals surface area (Å²) in [7, 11) is 0. The number of amides is 3. The zero-order chi connectivity index (χ0) is 25.9.